The number of rotatable bonds is 4. The summed E-state index contributed by atoms with van der Waals surface area (Å²) < 4.78 is 5.17. The summed E-state index contributed by atoms with van der Waals surface area (Å²) in [7, 11) is 1.46. The Labute approximate surface area is 108 Å². The molecule has 16 heavy (non-hydrogen) atoms. The van der Waals surface area contributed by atoms with E-state index in [9.17, 15) is 9.59 Å². The molecule has 0 aliphatic heterocycles. The highest BCUT2D eigenvalue weighted by molar-refractivity contribution is 14.1. The zero-order valence-corrected chi connectivity index (χ0v) is 11.9. The summed E-state index contributed by atoms with van der Waals surface area (Å²) in [6.45, 7) is 5.12. The van der Waals surface area contributed by atoms with Gasteiger partial charge in [0.25, 0.3) is 0 Å². The van der Waals surface area contributed by atoms with Crippen LogP contribution in [-0.2, 0) is 9.53 Å². The number of nitrogens with one attached hydrogen (secondary N) is 2. The van der Waals surface area contributed by atoms with E-state index >= 15 is 0 Å². The molecule has 0 aliphatic rings. The van der Waals surface area contributed by atoms with E-state index in [0.29, 0.717) is 0 Å². The van der Waals surface area contributed by atoms with Gasteiger partial charge in [-0.05, 0) is 27.8 Å². The Kier molecular flexibility index (Phi) is 5.47. The molecule has 0 radical (unpaired) electrons. The van der Waals surface area contributed by atoms with Crippen LogP contribution >= 0.6 is 22.6 Å². The summed E-state index contributed by atoms with van der Waals surface area (Å²) >= 11 is 1.87. The van der Waals surface area contributed by atoms with Crippen molar-refractivity contribution in [1.29, 1.82) is 0 Å². The fourth-order valence-electron chi connectivity index (χ4n) is 0.858. The Morgan fingerprint density at radius 2 is 1.88 bits per heavy atom. The van der Waals surface area contributed by atoms with Gasteiger partial charge in [0.05, 0.1) is 0 Å². The van der Waals surface area contributed by atoms with Gasteiger partial charge in [-0.25, -0.2) is 9.59 Å². The molecule has 0 aromatic carbocycles. The lowest BCUT2D eigenvalue weighted by atomic mass is 10.2. The number of alkyl carbamates (subject to hydrolysis) is 1. The molecule has 0 bridgehead atoms. The van der Waals surface area contributed by atoms with Gasteiger partial charge < -0.3 is 9.84 Å². The average molecular weight is 344 g/mol. The molecule has 7 heteroatoms. The van der Waals surface area contributed by atoms with Crippen molar-refractivity contribution in [3.8, 4) is 0 Å². The topological polar surface area (TPSA) is 87.7 Å². The molecule has 0 saturated heterocycles. The van der Waals surface area contributed by atoms with Crippen molar-refractivity contribution in [2.45, 2.75) is 32.0 Å². The van der Waals surface area contributed by atoms with Crippen LogP contribution in [-0.4, -0.2) is 39.9 Å². The molecule has 0 spiro atoms. The molecule has 94 valence electrons. The molecule has 0 saturated carbocycles. The quantitative estimate of drug-likeness (QED) is 0.402. The van der Waals surface area contributed by atoms with Crippen molar-refractivity contribution in [1.82, 2.24) is 10.6 Å². The van der Waals surface area contributed by atoms with E-state index in [1.807, 2.05) is 22.6 Å². The molecule has 3 N–H and O–H groups in total. The van der Waals surface area contributed by atoms with Crippen LogP contribution in [0.2, 0.25) is 0 Å². The smallest absolute Gasteiger partial charge is 0.409 e. The van der Waals surface area contributed by atoms with Crippen LogP contribution < -0.4 is 10.6 Å². The fourth-order valence-corrected chi connectivity index (χ4v) is 1.76. The van der Waals surface area contributed by atoms with Crippen LogP contribution in [0.1, 0.15) is 20.8 Å². The SMILES string of the molecule is CN[C@](CI)(NC(=O)OC(C)(C)C)C(=O)O. The second kappa shape index (κ2) is 5.67. The second-order valence-electron chi connectivity index (χ2n) is 4.22. The van der Waals surface area contributed by atoms with Gasteiger partial charge in [-0.3, -0.25) is 10.6 Å². The Bertz CT molecular complexity index is 271. The predicted octanol–water partition coefficient (Wildman–Crippen LogP) is 0.946. The van der Waals surface area contributed by atoms with Gasteiger partial charge in [0.15, 0.2) is 0 Å². The van der Waals surface area contributed by atoms with E-state index in [4.69, 9.17) is 9.84 Å². The van der Waals surface area contributed by atoms with Gasteiger partial charge in [0.1, 0.15) is 5.60 Å². The Balaban J connectivity index is 4.66. The predicted molar refractivity (Wildman–Crippen MR) is 67.7 cm³/mol. The van der Waals surface area contributed by atoms with Crippen LogP contribution in [0.4, 0.5) is 4.79 Å². The lowest BCUT2D eigenvalue weighted by Crippen LogP contribution is -2.64. The maximum absolute atomic E-state index is 11.5. The first kappa shape index (κ1) is 15.4. The molecular weight excluding hydrogens is 327 g/mol. The number of alkyl halides is 1. The second-order valence-corrected chi connectivity index (χ2v) is 4.98. The number of carbonyl (C=O) groups excluding carboxylic acids is 1. The number of aliphatic carboxylic acids is 1. The highest BCUT2D eigenvalue weighted by Crippen LogP contribution is 2.10. The van der Waals surface area contributed by atoms with Crippen LogP contribution in [0, 0.1) is 0 Å². The van der Waals surface area contributed by atoms with E-state index < -0.39 is 23.3 Å². The van der Waals surface area contributed by atoms with E-state index in [2.05, 4.69) is 10.6 Å². The number of ether oxygens (including phenoxy) is 1. The van der Waals surface area contributed by atoms with Gasteiger partial charge in [0, 0.05) is 4.43 Å². The van der Waals surface area contributed by atoms with Crippen LogP contribution in [0.15, 0.2) is 0 Å². The maximum atomic E-state index is 11.5. The fraction of sp³-hybridized carbons (Fsp3) is 0.778. The summed E-state index contributed by atoms with van der Waals surface area (Å²) in [5, 5.41) is 13.9. The Hall–Kier alpha value is -0.570. The minimum absolute atomic E-state index is 0.176. The van der Waals surface area contributed by atoms with E-state index in [1.165, 1.54) is 7.05 Å². The number of hydrogen-bond donors (Lipinski definition) is 3. The third-order valence-corrected chi connectivity index (χ3v) is 2.85. The zero-order valence-electron chi connectivity index (χ0n) is 9.76. The number of carbonyl (C=O) groups is 2. The number of likely N-dealkylation sites (N-methyl/N-ethyl adjacent to an activating group) is 1. The highest BCUT2D eigenvalue weighted by atomic mass is 127. The van der Waals surface area contributed by atoms with Gasteiger partial charge >= 0.3 is 12.1 Å². The van der Waals surface area contributed by atoms with Crippen molar-refractivity contribution < 1.29 is 19.4 Å². The van der Waals surface area contributed by atoms with E-state index in [0.717, 1.165) is 0 Å². The van der Waals surface area contributed by atoms with Crippen LogP contribution in [0.25, 0.3) is 0 Å². The molecule has 0 aromatic rings. The number of carboxylic acids is 1. The van der Waals surface area contributed by atoms with E-state index in [1.54, 1.807) is 20.8 Å². The molecule has 0 fully saturated rings. The number of halogens is 1. The van der Waals surface area contributed by atoms with Crippen molar-refractivity contribution >= 4 is 34.7 Å². The number of amides is 1. The Morgan fingerprint density at radius 1 is 1.38 bits per heavy atom. The summed E-state index contributed by atoms with van der Waals surface area (Å²) in [5.74, 6) is -1.16. The van der Waals surface area contributed by atoms with Crippen molar-refractivity contribution in [3.63, 3.8) is 0 Å². The summed E-state index contributed by atoms with van der Waals surface area (Å²) in [5.41, 5.74) is -2.16. The summed E-state index contributed by atoms with van der Waals surface area (Å²) in [6.07, 6.45) is -0.763. The van der Waals surface area contributed by atoms with Gasteiger partial charge in [-0.15, -0.1) is 0 Å². The first-order chi connectivity index (χ1) is 7.17. The standard InChI is InChI=1S/C9H17IN2O4/c1-8(2,3)16-7(15)12-9(5-10,11-4)6(13)14/h11H,5H2,1-4H3,(H,12,15)(H,13,14)/t9-/m1/s1. The van der Waals surface area contributed by atoms with Crippen molar-refractivity contribution in [2.75, 3.05) is 11.5 Å². The summed E-state index contributed by atoms with van der Waals surface area (Å²) in [4.78, 5) is 22.5. The first-order valence-corrected chi connectivity index (χ1v) is 6.19. The first-order valence-electron chi connectivity index (χ1n) is 4.66. The van der Waals surface area contributed by atoms with Crippen LogP contribution in [0.3, 0.4) is 0 Å². The van der Waals surface area contributed by atoms with Crippen LogP contribution in [0.5, 0.6) is 0 Å². The molecular formula is C9H17IN2O4. The average Bonchev–Trinajstić information content (AvgIpc) is 2.10. The molecule has 0 aromatic heterocycles. The minimum atomic E-state index is -1.50. The molecule has 1 atom stereocenters. The molecule has 6 nitrogen and oxygen atoms in total. The van der Waals surface area contributed by atoms with Crippen molar-refractivity contribution in [3.05, 3.63) is 0 Å². The maximum Gasteiger partial charge on any atom is 0.409 e. The molecule has 0 aliphatic carbocycles. The summed E-state index contributed by atoms with van der Waals surface area (Å²) in [6, 6.07) is 0. The molecule has 0 unspecified atom stereocenters. The lowest BCUT2D eigenvalue weighted by Gasteiger charge is -2.29. The van der Waals surface area contributed by atoms with Gasteiger partial charge in [-0.1, -0.05) is 22.6 Å². The Morgan fingerprint density at radius 3 is 2.12 bits per heavy atom. The largest absolute Gasteiger partial charge is 0.478 e. The zero-order chi connectivity index (χ0) is 13.0. The molecule has 0 heterocycles. The minimum Gasteiger partial charge on any atom is -0.478 e. The normalized spacial score (nSPS) is 15.1. The third-order valence-electron chi connectivity index (χ3n) is 1.71. The molecule has 0 rings (SSSR count). The lowest BCUT2D eigenvalue weighted by molar-refractivity contribution is -0.144. The van der Waals surface area contributed by atoms with E-state index in [-0.39, 0.29) is 4.43 Å². The molecule has 1 amide bonds. The van der Waals surface area contributed by atoms with Gasteiger partial charge in [-0.2, -0.15) is 0 Å². The number of hydrogen-bond acceptors (Lipinski definition) is 4. The van der Waals surface area contributed by atoms with Gasteiger partial charge in [0.2, 0.25) is 5.66 Å². The van der Waals surface area contributed by atoms with Crippen molar-refractivity contribution in [2.24, 2.45) is 0 Å². The monoisotopic (exact) mass is 344 g/mol. The third kappa shape index (κ3) is 4.52. The number of carboxylic acid groups (broad SMARTS) is 1. The highest BCUT2D eigenvalue weighted by Gasteiger charge is 2.38.